The minimum atomic E-state index is -1.08. The second-order valence-electron chi connectivity index (χ2n) is 8.23. The summed E-state index contributed by atoms with van der Waals surface area (Å²) in [6.07, 6.45) is 0.833. The molecule has 0 fully saturated rings. The van der Waals surface area contributed by atoms with E-state index in [1.165, 1.54) is 13.8 Å². The first-order valence-electron chi connectivity index (χ1n) is 9.70. The molecule has 0 aliphatic heterocycles. The quantitative estimate of drug-likeness (QED) is 0.564. The summed E-state index contributed by atoms with van der Waals surface area (Å²) in [5.41, 5.74) is 0.839. The minimum Gasteiger partial charge on any atom is -0.481 e. The van der Waals surface area contributed by atoms with E-state index in [4.69, 9.17) is 9.84 Å². The van der Waals surface area contributed by atoms with Gasteiger partial charge in [0.05, 0.1) is 18.5 Å². The third-order valence-electron chi connectivity index (χ3n) is 3.98. The summed E-state index contributed by atoms with van der Waals surface area (Å²) >= 11 is 0. The number of nitrogens with zero attached hydrogens (tertiary/aromatic N) is 1. The Labute approximate surface area is 176 Å². The van der Waals surface area contributed by atoms with Crippen LogP contribution in [-0.4, -0.2) is 53.1 Å². The summed E-state index contributed by atoms with van der Waals surface area (Å²) in [7, 11) is 0. The fourth-order valence-electron chi connectivity index (χ4n) is 2.48. The van der Waals surface area contributed by atoms with Gasteiger partial charge >= 0.3 is 12.1 Å². The van der Waals surface area contributed by atoms with Crippen LogP contribution >= 0.6 is 0 Å². The number of carboxylic acids is 1. The number of hydrogen-bond donors (Lipinski definition) is 2. The number of nitrogens with one attached hydrogen (secondary N) is 1. The molecule has 0 heterocycles. The molecule has 0 bridgehead atoms. The van der Waals surface area contributed by atoms with Gasteiger partial charge < -0.3 is 15.2 Å². The Kier molecular flexibility index (Phi) is 9.36. The number of rotatable bonds is 10. The van der Waals surface area contributed by atoms with Gasteiger partial charge in [0.1, 0.15) is 5.60 Å². The molecule has 2 atom stereocenters. The summed E-state index contributed by atoms with van der Waals surface area (Å²) in [5, 5.41) is 11.6. The van der Waals surface area contributed by atoms with Gasteiger partial charge in [0.2, 0.25) is 0 Å². The van der Waals surface area contributed by atoms with Crippen molar-refractivity contribution in [3.8, 4) is 0 Å². The number of benzene rings is 1. The van der Waals surface area contributed by atoms with Crippen LogP contribution in [0.1, 0.15) is 52.2 Å². The number of alkyl carbamates (subject to hydrolysis) is 1. The molecule has 30 heavy (non-hydrogen) atoms. The molecule has 0 aliphatic carbocycles. The molecule has 0 saturated heterocycles. The Hall–Kier alpha value is -3.03. The third-order valence-corrected chi connectivity index (χ3v) is 3.98. The second-order valence-corrected chi connectivity index (χ2v) is 8.23. The van der Waals surface area contributed by atoms with E-state index in [0.29, 0.717) is 0 Å². The van der Waals surface area contributed by atoms with E-state index in [1.54, 1.807) is 51.3 Å². The van der Waals surface area contributed by atoms with Gasteiger partial charge in [-0.2, -0.15) is 0 Å². The van der Waals surface area contributed by atoms with Gasteiger partial charge in [-0.05, 0) is 45.2 Å². The topological polar surface area (TPSA) is 122 Å². The van der Waals surface area contributed by atoms with Crippen molar-refractivity contribution >= 4 is 29.8 Å². The van der Waals surface area contributed by atoms with Crippen molar-refractivity contribution in [3.63, 3.8) is 0 Å². The maximum atomic E-state index is 12.6. The molecule has 0 aliphatic rings. The van der Waals surface area contributed by atoms with E-state index in [-0.39, 0.29) is 31.0 Å². The van der Waals surface area contributed by atoms with Crippen LogP contribution in [0.5, 0.6) is 0 Å². The zero-order valence-corrected chi connectivity index (χ0v) is 18.1. The largest absolute Gasteiger partial charge is 0.481 e. The maximum Gasteiger partial charge on any atom is 0.408 e. The fourth-order valence-corrected chi connectivity index (χ4v) is 2.48. The van der Waals surface area contributed by atoms with Gasteiger partial charge in [-0.25, -0.2) is 4.79 Å². The molecule has 0 aromatic heterocycles. The highest BCUT2D eigenvalue weighted by molar-refractivity contribution is 5.90. The van der Waals surface area contributed by atoms with Crippen LogP contribution in [0.25, 0.3) is 0 Å². The number of amides is 1. The predicted molar refractivity (Wildman–Crippen MR) is 113 cm³/mol. The van der Waals surface area contributed by atoms with Gasteiger partial charge in [-0.3, -0.25) is 19.4 Å². The second kappa shape index (κ2) is 11.2. The number of aliphatic imine (C=N–C) groups is 1. The van der Waals surface area contributed by atoms with Crippen molar-refractivity contribution < 1.29 is 29.0 Å². The Balaban J connectivity index is 2.91. The molecule has 1 amide bonds. The number of aliphatic carboxylic acids is 1. The van der Waals surface area contributed by atoms with E-state index in [1.807, 2.05) is 0 Å². The van der Waals surface area contributed by atoms with E-state index in [9.17, 15) is 19.2 Å². The van der Waals surface area contributed by atoms with Gasteiger partial charge in [-0.15, -0.1) is 0 Å². The lowest BCUT2D eigenvalue weighted by Gasteiger charge is -2.23. The van der Waals surface area contributed by atoms with Crippen LogP contribution in [0.3, 0.4) is 0 Å². The highest BCUT2D eigenvalue weighted by atomic mass is 16.6. The molecule has 8 nitrogen and oxygen atoms in total. The standard InChI is InChI=1S/C22H30N2O6/c1-14(20(27)28)10-19(26)18(24-21(29)30-22(3,4)5)11-16-6-8-17(9-7-16)13-23-12-15(2)25/h6-9,13-14,18H,10-12H2,1-5H3,(H,24,29)(H,27,28). The molecule has 164 valence electrons. The first-order chi connectivity index (χ1) is 13.9. The highest BCUT2D eigenvalue weighted by Crippen LogP contribution is 2.13. The van der Waals surface area contributed by atoms with E-state index < -0.39 is 29.6 Å². The van der Waals surface area contributed by atoms with Crippen molar-refractivity contribution in [2.75, 3.05) is 6.54 Å². The van der Waals surface area contributed by atoms with Crippen molar-refractivity contribution in [2.24, 2.45) is 10.9 Å². The average Bonchev–Trinajstić information content (AvgIpc) is 2.60. The zero-order chi connectivity index (χ0) is 22.9. The van der Waals surface area contributed by atoms with Crippen molar-refractivity contribution in [2.45, 2.75) is 59.1 Å². The van der Waals surface area contributed by atoms with Crippen molar-refractivity contribution in [3.05, 3.63) is 35.4 Å². The molecule has 0 spiro atoms. The lowest BCUT2D eigenvalue weighted by molar-refractivity contribution is -0.143. The maximum absolute atomic E-state index is 12.6. The van der Waals surface area contributed by atoms with E-state index in [2.05, 4.69) is 10.3 Å². The Bertz CT molecular complexity index is 793. The molecule has 1 aromatic carbocycles. The number of carbonyl (C=O) groups excluding carboxylic acids is 3. The third kappa shape index (κ3) is 9.95. The Morgan fingerprint density at radius 2 is 1.77 bits per heavy atom. The van der Waals surface area contributed by atoms with Crippen LogP contribution in [0.15, 0.2) is 29.3 Å². The number of carboxylic acid groups (broad SMARTS) is 1. The SMILES string of the molecule is CC(=O)CN=Cc1ccc(CC(NC(=O)OC(C)(C)C)C(=O)CC(C)C(=O)O)cc1. The van der Waals surface area contributed by atoms with Crippen LogP contribution in [0.2, 0.25) is 0 Å². The lowest BCUT2D eigenvalue weighted by atomic mass is 9.95. The predicted octanol–water partition coefficient (Wildman–Crippen LogP) is 2.81. The number of ketones is 2. The smallest absolute Gasteiger partial charge is 0.408 e. The summed E-state index contributed by atoms with van der Waals surface area (Å²) in [5.74, 6) is -2.36. The fraction of sp³-hybridized carbons (Fsp3) is 0.500. The van der Waals surface area contributed by atoms with Crippen LogP contribution < -0.4 is 5.32 Å². The minimum absolute atomic E-state index is 0.0342. The van der Waals surface area contributed by atoms with Gasteiger partial charge in [0.25, 0.3) is 0 Å². The molecule has 0 radical (unpaired) electrons. The molecular weight excluding hydrogens is 388 g/mol. The Morgan fingerprint density at radius 3 is 2.27 bits per heavy atom. The first kappa shape index (κ1) is 25.0. The summed E-state index contributed by atoms with van der Waals surface area (Å²) in [6, 6.07) is 6.22. The summed E-state index contributed by atoms with van der Waals surface area (Å²) < 4.78 is 5.23. The monoisotopic (exact) mass is 418 g/mol. The zero-order valence-electron chi connectivity index (χ0n) is 18.1. The number of hydrogen-bond acceptors (Lipinski definition) is 6. The molecule has 2 unspecified atom stereocenters. The van der Waals surface area contributed by atoms with Crippen LogP contribution in [0, 0.1) is 5.92 Å². The first-order valence-corrected chi connectivity index (χ1v) is 9.70. The molecule has 1 rings (SSSR count). The number of ether oxygens (including phenoxy) is 1. The summed E-state index contributed by atoms with van der Waals surface area (Å²) in [6.45, 7) is 8.15. The van der Waals surface area contributed by atoms with Crippen molar-refractivity contribution in [1.29, 1.82) is 0 Å². The normalized spacial score (nSPS) is 13.5. The highest BCUT2D eigenvalue weighted by Gasteiger charge is 2.27. The number of Topliss-reactive ketones (excluding diaryl/α,β-unsaturated/α-hetero) is 2. The van der Waals surface area contributed by atoms with E-state index in [0.717, 1.165) is 11.1 Å². The summed E-state index contributed by atoms with van der Waals surface area (Å²) in [4.78, 5) is 50.9. The molecule has 1 aromatic rings. The molecule has 2 N–H and O–H groups in total. The van der Waals surface area contributed by atoms with E-state index >= 15 is 0 Å². The van der Waals surface area contributed by atoms with Gasteiger partial charge in [-0.1, -0.05) is 31.2 Å². The Morgan fingerprint density at radius 1 is 1.17 bits per heavy atom. The molecule has 8 heteroatoms. The van der Waals surface area contributed by atoms with Gasteiger partial charge in [0.15, 0.2) is 11.6 Å². The van der Waals surface area contributed by atoms with Crippen molar-refractivity contribution in [1.82, 2.24) is 5.32 Å². The number of carbonyl (C=O) groups is 4. The van der Waals surface area contributed by atoms with Crippen LogP contribution in [0.4, 0.5) is 4.79 Å². The van der Waals surface area contributed by atoms with Gasteiger partial charge in [0, 0.05) is 12.6 Å². The average molecular weight is 418 g/mol. The lowest BCUT2D eigenvalue weighted by Crippen LogP contribution is -2.45. The molecule has 0 saturated carbocycles. The van der Waals surface area contributed by atoms with Crippen LogP contribution in [-0.2, 0) is 25.5 Å². The molecular formula is C22H30N2O6.